The monoisotopic (exact) mass is 142 g/mol. The summed E-state index contributed by atoms with van der Waals surface area (Å²) in [6.07, 6.45) is 3.26. The number of carbonyl (C=O) groups is 1. The van der Waals surface area contributed by atoms with Gasteiger partial charge >= 0.3 is 0 Å². The van der Waals surface area contributed by atoms with Crippen molar-refractivity contribution in [2.45, 2.75) is 18.9 Å². The van der Waals surface area contributed by atoms with Crippen LogP contribution in [0.25, 0.3) is 0 Å². The molecule has 58 valence electrons. The van der Waals surface area contributed by atoms with E-state index in [0.717, 1.165) is 25.9 Å². The molecule has 0 aromatic carbocycles. The molecule has 1 fully saturated rings. The Morgan fingerprint density at radius 1 is 1.70 bits per heavy atom. The van der Waals surface area contributed by atoms with Gasteiger partial charge in [0.25, 0.3) is 0 Å². The van der Waals surface area contributed by atoms with E-state index in [1.54, 1.807) is 0 Å². The van der Waals surface area contributed by atoms with Crippen LogP contribution in [0.15, 0.2) is 0 Å². The third-order valence-corrected chi connectivity index (χ3v) is 2.01. The molecule has 0 radical (unpaired) electrons. The highest BCUT2D eigenvalue weighted by atomic mass is 16.1. The van der Waals surface area contributed by atoms with Crippen molar-refractivity contribution in [1.29, 1.82) is 0 Å². The predicted octanol–water partition coefficient (Wildman–Crippen LogP) is -0.173. The molecule has 0 aromatic rings. The zero-order valence-corrected chi connectivity index (χ0v) is 6.34. The van der Waals surface area contributed by atoms with Gasteiger partial charge in [-0.25, -0.2) is 0 Å². The van der Waals surface area contributed by atoms with Gasteiger partial charge in [-0.1, -0.05) is 0 Å². The molecule has 0 bridgehead atoms. The van der Waals surface area contributed by atoms with Gasteiger partial charge in [0.15, 0.2) is 0 Å². The molecule has 0 aromatic heterocycles. The molecule has 1 atom stereocenters. The van der Waals surface area contributed by atoms with E-state index in [-0.39, 0.29) is 0 Å². The Kier molecular flexibility index (Phi) is 2.68. The summed E-state index contributed by atoms with van der Waals surface area (Å²) in [4.78, 5) is 12.1. The molecule has 1 amide bonds. The largest absolute Gasteiger partial charge is 0.344 e. The second-order valence-corrected chi connectivity index (χ2v) is 2.73. The van der Waals surface area contributed by atoms with Crippen LogP contribution in [-0.4, -0.2) is 37.5 Å². The number of likely N-dealkylation sites (N-methyl/N-ethyl adjacent to an activating group) is 1. The number of amides is 1. The highest BCUT2D eigenvalue weighted by Crippen LogP contribution is 2.06. The van der Waals surface area contributed by atoms with E-state index >= 15 is 0 Å². The molecule has 0 spiro atoms. The van der Waals surface area contributed by atoms with Crippen LogP contribution in [0.1, 0.15) is 12.8 Å². The predicted molar refractivity (Wildman–Crippen MR) is 39.7 cm³/mol. The van der Waals surface area contributed by atoms with Gasteiger partial charge in [-0.15, -0.1) is 0 Å². The van der Waals surface area contributed by atoms with Crippen molar-refractivity contribution < 1.29 is 4.79 Å². The molecule has 1 rings (SSSR count). The molecular formula is C7H14N2O. The quantitative estimate of drug-likeness (QED) is 0.543. The highest BCUT2D eigenvalue weighted by molar-refractivity contribution is 5.47. The zero-order valence-electron chi connectivity index (χ0n) is 6.34. The fourth-order valence-corrected chi connectivity index (χ4v) is 1.34. The molecule has 0 aliphatic carbocycles. The van der Waals surface area contributed by atoms with Gasteiger partial charge in [0.2, 0.25) is 6.41 Å². The summed E-state index contributed by atoms with van der Waals surface area (Å²) < 4.78 is 0. The van der Waals surface area contributed by atoms with Crippen molar-refractivity contribution in [3.63, 3.8) is 0 Å². The number of likely N-dealkylation sites (tertiary alicyclic amines) is 1. The fourth-order valence-electron chi connectivity index (χ4n) is 1.34. The number of rotatable bonds is 2. The van der Waals surface area contributed by atoms with E-state index < -0.39 is 0 Å². The van der Waals surface area contributed by atoms with E-state index in [4.69, 9.17) is 0 Å². The van der Waals surface area contributed by atoms with E-state index in [1.807, 2.05) is 11.9 Å². The average Bonchev–Trinajstić information content (AvgIpc) is 2.05. The first-order valence-corrected chi connectivity index (χ1v) is 3.73. The Labute approximate surface area is 61.4 Å². The first-order chi connectivity index (χ1) is 4.86. The van der Waals surface area contributed by atoms with Gasteiger partial charge < -0.3 is 10.2 Å². The number of piperidine rings is 1. The lowest BCUT2D eigenvalue weighted by Crippen LogP contribution is -2.43. The summed E-state index contributed by atoms with van der Waals surface area (Å²) in [5, 5.41) is 3.17. The molecule has 1 N–H and O–H groups in total. The number of nitrogens with zero attached hydrogens (tertiary/aromatic N) is 1. The molecule has 3 heteroatoms. The Hall–Kier alpha value is -0.570. The molecule has 1 aliphatic rings. The maximum absolute atomic E-state index is 10.3. The minimum absolute atomic E-state index is 0.513. The Morgan fingerprint density at radius 2 is 2.50 bits per heavy atom. The van der Waals surface area contributed by atoms with Gasteiger partial charge in [-0.2, -0.15) is 0 Å². The van der Waals surface area contributed by atoms with Gasteiger partial charge in [-0.05, 0) is 19.9 Å². The molecule has 1 saturated heterocycles. The van der Waals surface area contributed by atoms with E-state index in [2.05, 4.69) is 5.32 Å². The van der Waals surface area contributed by atoms with E-state index in [1.165, 1.54) is 6.42 Å². The van der Waals surface area contributed by atoms with Gasteiger partial charge in [0.1, 0.15) is 0 Å². The molecule has 0 saturated carbocycles. The first-order valence-electron chi connectivity index (χ1n) is 3.73. The van der Waals surface area contributed by atoms with Gasteiger partial charge in [0.05, 0.1) is 0 Å². The van der Waals surface area contributed by atoms with Crippen LogP contribution in [0.2, 0.25) is 0 Å². The minimum atomic E-state index is 0.513. The zero-order chi connectivity index (χ0) is 7.40. The lowest BCUT2D eigenvalue weighted by atomic mass is 10.1. The van der Waals surface area contributed by atoms with Crippen LogP contribution in [0, 0.1) is 0 Å². The van der Waals surface area contributed by atoms with E-state index in [9.17, 15) is 4.79 Å². The van der Waals surface area contributed by atoms with Crippen LogP contribution in [-0.2, 0) is 4.79 Å². The van der Waals surface area contributed by atoms with E-state index in [0.29, 0.717) is 6.04 Å². The third kappa shape index (κ3) is 1.70. The number of nitrogens with one attached hydrogen (secondary N) is 1. The Morgan fingerprint density at radius 3 is 3.10 bits per heavy atom. The van der Waals surface area contributed by atoms with Crippen molar-refractivity contribution in [3.8, 4) is 0 Å². The van der Waals surface area contributed by atoms with Crippen molar-refractivity contribution in [1.82, 2.24) is 10.2 Å². The standard InChI is InChI=1S/C7H14N2O/c1-8-7-3-2-4-9(5-7)6-10/h6-8H,2-5H2,1H3. The fraction of sp³-hybridized carbons (Fsp3) is 0.857. The SMILES string of the molecule is CNC1CCCN(C=O)C1. The van der Waals surface area contributed by atoms with Crippen molar-refractivity contribution >= 4 is 6.41 Å². The molecule has 10 heavy (non-hydrogen) atoms. The summed E-state index contributed by atoms with van der Waals surface area (Å²) >= 11 is 0. The second-order valence-electron chi connectivity index (χ2n) is 2.73. The minimum Gasteiger partial charge on any atom is -0.344 e. The molecule has 3 nitrogen and oxygen atoms in total. The summed E-state index contributed by atoms with van der Waals surface area (Å²) in [7, 11) is 1.94. The summed E-state index contributed by atoms with van der Waals surface area (Å²) in [5.74, 6) is 0. The summed E-state index contributed by atoms with van der Waals surface area (Å²) in [6.45, 7) is 1.81. The first kappa shape index (κ1) is 7.54. The maximum atomic E-state index is 10.3. The lowest BCUT2D eigenvalue weighted by Gasteiger charge is -2.29. The van der Waals surface area contributed by atoms with Crippen molar-refractivity contribution in [2.75, 3.05) is 20.1 Å². The average molecular weight is 142 g/mol. The smallest absolute Gasteiger partial charge is 0.209 e. The second kappa shape index (κ2) is 3.56. The van der Waals surface area contributed by atoms with Gasteiger partial charge in [0, 0.05) is 19.1 Å². The normalized spacial score (nSPS) is 26.5. The van der Waals surface area contributed by atoms with Crippen LogP contribution >= 0.6 is 0 Å². The van der Waals surface area contributed by atoms with Crippen LogP contribution in [0.4, 0.5) is 0 Å². The summed E-state index contributed by atoms with van der Waals surface area (Å²) in [6, 6.07) is 0.513. The summed E-state index contributed by atoms with van der Waals surface area (Å²) in [5.41, 5.74) is 0. The highest BCUT2D eigenvalue weighted by Gasteiger charge is 2.15. The number of hydrogen-bond donors (Lipinski definition) is 1. The molecule has 1 heterocycles. The van der Waals surface area contributed by atoms with Crippen molar-refractivity contribution in [2.24, 2.45) is 0 Å². The van der Waals surface area contributed by atoms with Gasteiger partial charge in [-0.3, -0.25) is 4.79 Å². The number of carbonyl (C=O) groups excluding carboxylic acids is 1. The molecule has 1 aliphatic heterocycles. The third-order valence-electron chi connectivity index (χ3n) is 2.01. The Balaban J connectivity index is 2.31. The van der Waals surface area contributed by atoms with Crippen LogP contribution < -0.4 is 5.32 Å². The van der Waals surface area contributed by atoms with Crippen molar-refractivity contribution in [3.05, 3.63) is 0 Å². The van der Waals surface area contributed by atoms with Crippen LogP contribution in [0.5, 0.6) is 0 Å². The lowest BCUT2D eigenvalue weighted by molar-refractivity contribution is -0.119. The molecular weight excluding hydrogens is 128 g/mol. The van der Waals surface area contributed by atoms with Crippen LogP contribution in [0.3, 0.4) is 0 Å². The topological polar surface area (TPSA) is 32.3 Å². The maximum Gasteiger partial charge on any atom is 0.209 e. The molecule has 1 unspecified atom stereocenters. The number of hydrogen-bond acceptors (Lipinski definition) is 2. The Bertz CT molecular complexity index is 116.